The predicted molar refractivity (Wildman–Crippen MR) is 134 cm³/mol. The predicted octanol–water partition coefficient (Wildman–Crippen LogP) is 6.79. The first-order valence-electron chi connectivity index (χ1n) is 9.85. The van der Waals surface area contributed by atoms with Crippen LogP contribution >= 0.6 is 24.8 Å². The van der Waals surface area contributed by atoms with Gasteiger partial charge in [-0.3, -0.25) is 0 Å². The number of allylic oxidation sites excluding steroid dienone is 4. The Kier molecular flexibility index (Phi) is 9.50. The molecule has 2 aromatic rings. The molecular formula is C25H29Cl2NOSiTi. The third kappa shape index (κ3) is 5.23. The largest absolute Gasteiger partial charge is 0.399 e. The summed E-state index contributed by atoms with van der Waals surface area (Å²) in [5.74, 6) is 0. The van der Waals surface area contributed by atoms with E-state index >= 15 is 0 Å². The van der Waals surface area contributed by atoms with Crippen LogP contribution in [-0.2, 0) is 26.2 Å². The molecule has 0 radical (unpaired) electrons. The summed E-state index contributed by atoms with van der Waals surface area (Å²) < 4.78 is 15.0. The third-order valence-electron chi connectivity index (χ3n) is 5.96. The average Bonchev–Trinajstić information content (AvgIpc) is 3.05. The van der Waals surface area contributed by atoms with Gasteiger partial charge in [-0.1, -0.05) is 66.8 Å². The number of benzene rings is 2. The molecule has 2 nitrogen and oxygen atoms in total. The van der Waals surface area contributed by atoms with Gasteiger partial charge in [-0.2, -0.15) is 0 Å². The van der Waals surface area contributed by atoms with Crippen LogP contribution in [0.5, 0.6) is 0 Å². The molecule has 4 rings (SSSR count). The molecule has 31 heavy (non-hydrogen) atoms. The molecule has 0 unspecified atom stereocenters. The SMILES string of the molecule is C=C1c2ccccc2C2=C(CC(C[Si](=O)N(C)C(C)(C)C)=C2)c2ccccc21.Cl.Cl.[Ti]. The van der Waals surface area contributed by atoms with Gasteiger partial charge in [0.1, 0.15) is 0 Å². The van der Waals surface area contributed by atoms with Crippen LogP contribution in [0.4, 0.5) is 0 Å². The van der Waals surface area contributed by atoms with Gasteiger partial charge in [-0.15, -0.1) is 24.8 Å². The zero-order chi connectivity index (χ0) is 20.1. The van der Waals surface area contributed by atoms with Crippen LogP contribution in [-0.4, -0.2) is 26.0 Å². The Morgan fingerprint density at radius 3 is 1.97 bits per heavy atom. The molecule has 0 spiro atoms. The minimum absolute atomic E-state index is 0. The van der Waals surface area contributed by atoms with E-state index < -0.39 is 8.84 Å². The van der Waals surface area contributed by atoms with Crippen LogP contribution in [0.2, 0.25) is 6.04 Å². The van der Waals surface area contributed by atoms with Gasteiger partial charge in [0, 0.05) is 40.3 Å². The molecule has 2 aromatic carbocycles. The van der Waals surface area contributed by atoms with Crippen LogP contribution in [0.3, 0.4) is 0 Å². The molecule has 0 aromatic heterocycles. The number of fused-ring (bicyclic) bond motifs is 4. The van der Waals surface area contributed by atoms with Gasteiger partial charge in [0.2, 0.25) is 0 Å². The van der Waals surface area contributed by atoms with E-state index in [1.54, 1.807) is 0 Å². The Balaban J connectivity index is 0.00000160. The standard InChI is InChI=1S/C25H27NOSi.2ClH.Ti/c1-17-19-10-6-8-12-21(19)23-14-18(16-28(27)26(5)25(2,3)4)15-24(23)22-13-9-7-11-20(17)22;;;/h6-14H,1,15-16H2,2-5H3;2*1H;. The number of rotatable bonds is 3. The van der Waals surface area contributed by atoms with Crippen molar-refractivity contribution in [3.8, 4) is 0 Å². The minimum atomic E-state index is -1.85. The van der Waals surface area contributed by atoms with Crippen molar-refractivity contribution in [3.05, 3.63) is 89.0 Å². The van der Waals surface area contributed by atoms with E-state index in [0.29, 0.717) is 6.04 Å². The van der Waals surface area contributed by atoms with Gasteiger partial charge < -0.3 is 9.03 Å². The summed E-state index contributed by atoms with van der Waals surface area (Å²) >= 11 is 0. The molecule has 0 aliphatic heterocycles. The van der Waals surface area contributed by atoms with Crippen molar-refractivity contribution in [2.24, 2.45) is 0 Å². The Bertz CT molecular complexity index is 1070. The molecule has 0 bridgehead atoms. The van der Waals surface area contributed by atoms with E-state index in [1.165, 1.54) is 39.0 Å². The van der Waals surface area contributed by atoms with E-state index in [2.05, 4.69) is 82.0 Å². The molecular weight excluding hydrogens is 477 g/mol. The van der Waals surface area contributed by atoms with Crippen molar-refractivity contribution in [1.82, 2.24) is 4.57 Å². The second kappa shape index (κ2) is 10.6. The number of nitrogens with zero attached hydrogens (tertiary/aromatic N) is 1. The van der Waals surface area contributed by atoms with Crippen LogP contribution in [0.15, 0.2) is 66.8 Å². The third-order valence-corrected chi connectivity index (χ3v) is 8.13. The van der Waals surface area contributed by atoms with Crippen LogP contribution in [0.1, 0.15) is 49.4 Å². The molecule has 0 N–H and O–H groups in total. The molecule has 2 aliphatic rings. The topological polar surface area (TPSA) is 20.3 Å². The van der Waals surface area contributed by atoms with E-state index in [4.69, 9.17) is 0 Å². The van der Waals surface area contributed by atoms with Gasteiger partial charge in [0.15, 0.2) is 0 Å². The molecule has 0 fully saturated rings. The molecule has 0 heterocycles. The fourth-order valence-electron chi connectivity index (χ4n) is 4.08. The molecule has 0 amide bonds. The van der Waals surface area contributed by atoms with Crippen LogP contribution in [0.25, 0.3) is 16.7 Å². The van der Waals surface area contributed by atoms with Crippen LogP contribution in [0, 0.1) is 0 Å². The Morgan fingerprint density at radius 2 is 1.42 bits per heavy atom. The average molecular weight is 506 g/mol. The van der Waals surface area contributed by atoms with E-state index in [-0.39, 0.29) is 52.1 Å². The summed E-state index contributed by atoms with van der Waals surface area (Å²) in [4.78, 5) is 0. The van der Waals surface area contributed by atoms with Crippen molar-refractivity contribution < 1.29 is 26.2 Å². The second-order valence-electron chi connectivity index (χ2n) is 8.74. The summed E-state index contributed by atoms with van der Waals surface area (Å²) in [5.41, 5.74) is 9.75. The first-order chi connectivity index (χ1) is 13.3. The molecule has 0 saturated heterocycles. The zero-order valence-corrected chi connectivity index (χ0v) is 22.7. The normalized spacial score (nSPS) is 13.9. The first-order valence-corrected chi connectivity index (χ1v) is 11.4. The summed E-state index contributed by atoms with van der Waals surface area (Å²) in [6.07, 6.45) is 3.14. The fraction of sp³-hybridized carbons (Fsp3) is 0.280. The summed E-state index contributed by atoms with van der Waals surface area (Å²) in [7, 11) is 0.124. The maximum atomic E-state index is 13.0. The molecule has 0 saturated carbocycles. The van der Waals surface area contributed by atoms with Crippen molar-refractivity contribution >= 4 is 50.4 Å². The molecule has 2 aliphatic carbocycles. The maximum absolute atomic E-state index is 13.0. The summed E-state index contributed by atoms with van der Waals surface area (Å²) in [5, 5.41) is 0. The van der Waals surface area contributed by atoms with E-state index in [0.717, 1.165) is 12.0 Å². The van der Waals surface area contributed by atoms with Gasteiger partial charge in [0.25, 0.3) is 0 Å². The van der Waals surface area contributed by atoms with Gasteiger partial charge >= 0.3 is 8.84 Å². The molecule has 0 atom stereocenters. The summed E-state index contributed by atoms with van der Waals surface area (Å²) in [6, 6.07) is 17.7. The van der Waals surface area contributed by atoms with Crippen LogP contribution < -0.4 is 0 Å². The Morgan fingerprint density at radius 1 is 0.935 bits per heavy atom. The monoisotopic (exact) mass is 505 g/mol. The second-order valence-corrected chi connectivity index (χ2v) is 10.6. The van der Waals surface area contributed by atoms with Crippen molar-refractivity contribution in [3.63, 3.8) is 0 Å². The Hall–Kier alpha value is -1.23. The van der Waals surface area contributed by atoms with E-state index in [9.17, 15) is 4.46 Å². The van der Waals surface area contributed by atoms with Crippen molar-refractivity contribution in [2.75, 3.05) is 7.05 Å². The minimum Gasteiger partial charge on any atom is -0.375 e. The van der Waals surface area contributed by atoms with Crippen molar-refractivity contribution in [1.29, 1.82) is 0 Å². The number of hydrogen-bond donors (Lipinski definition) is 0. The molecule has 162 valence electrons. The van der Waals surface area contributed by atoms with Gasteiger partial charge in [-0.25, -0.2) is 0 Å². The fourth-order valence-corrected chi connectivity index (χ4v) is 5.68. The smallest absolute Gasteiger partial charge is 0.375 e. The number of hydrogen-bond acceptors (Lipinski definition) is 1. The van der Waals surface area contributed by atoms with Crippen molar-refractivity contribution in [2.45, 2.75) is 38.8 Å². The van der Waals surface area contributed by atoms with Gasteiger partial charge in [0.05, 0.1) is 0 Å². The van der Waals surface area contributed by atoms with Gasteiger partial charge in [-0.05, 0) is 66.2 Å². The maximum Gasteiger partial charge on any atom is 0.399 e. The zero-order valence-electron chi connectivity index (χ0n) is 18.5. The number of halogens is 2. The molecule has 6 heteroatoms. The Labute approximate surface area is 215 Å². The first kappa shape index (κ1) is 27.8. The van der Waals surface area contributed by atoms with E-state index in [1.807, 2.05) is 11.6 Å². The summed E-state index contributed by atoms with van der Waals surface area (Å²) in [6.45, 7) is 10.7. The quantitative estimate of drug-likeness (QED) is 0.428.